The molecular formula is C11H13N5O2S. The predicted molar refractivity (Wildman–Crippen MR) is 70.3 cm³/mol. The van der Waals surface area contributed by atoms with Crippen LogP contribution in [0.15, 0.2) is 47.9 Å². The van der Waals surface area contributed by atoms with E-state index in [1.807, 2.05) is 0 Å². The fourth-order valence-electron chi connectivity index (χ4n) is 1.46. The molecule has 2 aromatic rings. The maximum atomic E-state index is 12.1. The van der Waals surface area contributed by atoms with Gasteiger partial charge in [-0.25, -0.2) is 18.1 Å². The lowest BCUT2D eigenvalue weighted by molar-refractivity contribution is 0.578. The summed E-state index contributed by atoms with van der Waals surface area (Å²) in [5.41, 5.74) is 3.35. The topological polar surface area (TPSA) is 110 Å². The number of nitrogens with two attached hydrogens (primary N) is 1. The number of nitrogen functional groups attached to an aromatic ring is 1. The predicted octanol–water partition coefficient (Wildman–Crippen LogP) is 0.241. The van der Waals surface area contributed by atoms with Gasteiger partial charge in [0.1, 0.15) is 0 Å². The Morgan fingerprint density at radius 2 is 1.89 bits per heavy atom. The summed E-state index contributed by atoms with van der Waals surface area (Å²) in [5.74, 6) is 5.26. The molecule has 0 radical (unpaired) electrons. The number of hydrazine groups is 1. The highest BCUT2D eigenvalue weighted by Gasteiger charge is 2.19. The molecule has 19 heavy (non-hydrogen) atoms. The number of pyridine rings is 2. The summed E-state index contributed by atoms with van der Waals surface area (Å²) in [6, 6.07) is 6.58. The summed E-state index contributed by atoms with van der Waals surface area (Å²) in [6.07, 6.45) is 4.58. The van der Waals surface area contributed by atoms with Crippen LogP contribution in [-0.2, 0) is 16.6 Å². The summed E-state index contributed by atoms with van der Waals surface area (Å²) in [5, 5.41) is -0.133. The highest BCUT2D eigenvalue weighted by molar-refractivity contribution is 7.89. The molecule has 0 amide bonds. The molecule has 0 bridgehead atoms. The van der Waals surface area contributed by atoms with E-state index < -0.39 is 10.0 Å². The van der Waals surface area contributed by atoms with Gasteiger partial charge in [0.25, 0.3) is 10.0 Å². The van der Waals surface area contributed by atoms with Gasteiger partial charge in [-0.3, -0.25) is 10.8 Å². The van der Waals surface area contributed by atoms with Crippen molar-refractivity contribution in [3.63, 3.8) is 0 Å². The Morgan fingerprint density at radius 3 is 2.58 bits per heavy atom. The molecule has 0 unspecified atom stereocenters. The molecule has 2 aromatic heterocycles. The molecule has 100 valence electrons. The molecule has 0 saturated carbocycles. The zero-order valence-electron chi connectivity index (χ0n) is 9.95. The van der Waals surface area contributed by atoms with E-state index in [-0.39, 0.29) is 17.3 Å². The normalized spacial score (nSPS) is 11.2. The van der Waals surface area contributed by atoms with Crippen molar-refractivity contribution in [3.8, 4) is 0 Å². The molecule has 7 nitrogen and oxygen atoms in total. The largest absolute Gasteiger partial charge is 0.321 e. The van der Waals surface area contributed by atoms with Crippen molar-refractivity contribution in [3.05, 3.63) is 48.4 Å². The summed E-state index contributed by atoms with van der Waals surface area (Å²) in [6.45, 7) is 0.158. The maximum Gasteiger partial charge on any atom is 0.260 e. The van der Waals surface area contributed by atoms with Crippen LogP contribution in [0, 0.1) is 0 Å². The number of rotatable bonds is 5. The SMILES string of the molecule is NNc1cccnc1S(=O)(=O)NCc1ccncc1. The Bertz CT molecular complexity index is 645. The average Bonchev–Trinajstić information content (AvgIpc) is 2.46. The fraction of sp³-hybridized carbons (Fsp3) is 0.0909. The van der Waals surface area contributed by atoms with E-state index in [4.69, 9.17) is 5.84 Å². The van der Waals surface area contributed by atoms with Crippen LogP contribution in [0.5, 0.6) is 0 Å². The van der Waals surface area contributed by atoms with Crippen molar-refractivity contribution in [1.29, 1.82) is 0 Å². The van der Waals surface area contributed by atoms with Crippen molar-refractivity contribution in [2.24, 2.45) is 5.84 Å². The first kappa shape index (κ1) is 13.4. The lowest BCUT2D eigenvalue weighted by atomic mass is 10.3. The number of sulfonamides is 1. The highest BCUT2D eigenvalue weighted by atomic mass is 32.2. The smallest absolute Gasteiger partial charge is 0.260 e. The van der Waals surface area contributed by atoms with Crippen molar-refractivity contribution in [2.45, 2.75) is 11.6 Å². The number of hydrogen-bond donors (Lipinski definition) is 3. The summed E-state index contributed by atoms with van der Waals surface area (Å²) >= 11 is 0. The first-order valence-corrected chi connectivity index (χ1v) is 6.92. The van der Waals surface area contributed by atoms with E-state index in [1.54, 1.807) is 30.6 Å². The van der Waals surface area contributed by atoms with Crippen molar-refractivity contribution in [2.75, 3.05) is 5.43 Å². The van der Waals surface area contributed by atoms with Crippen LogP contribution in [0.3, 0.4) is 0 Å². The summed E-state index contributed by atoms with van der Waals surface area (Å²) in [7, 11) is -3.73. The van der Waals surface area contributed by atoms with Gasteiger partial charge in [0.2, 0.25) is 0 Å². The molecule has 0 aromatic carbocycles. The van der Waals surface area contributed by atoms with Gasteiger partial charge in [0.05, 0.1) is 5.69 Å². The van der Waals surface area contributed by atoms with E-state index in [2.05, 4.69) is 20.1 Å². The highest BCUT2D eigenvalue weighted by Crippen LogP contribution is 2.16. The molecular weight excluding hydrogens is 266 g/mol. The third-order valence-electron chi connectivity index (χ3n) is 2.40. The van der Waals surface area contributed by atoms with E-state index in [0.29, 0.717) is 0 Å². The van der Waals surface area contributed by atoms with Gasteiger partial charge in [0, 0.05) is 25.1 Å². The van der Waals surface area contributed by atoms with E-state index in [9.17, 15) is 8.42 Å². The Hall–Kier alpha value is -2.03. The number of nitrogens with zero attached hydrogens (tertiary/aromatic N) is 2. The van der Waals surface area contributed by atoms with Crippen LogP contribution in [0.4, 0.5) is 5.69 Å². The van der Waals surface area contributed by atoms with Crippen LogP contribution in [0.2, 0.25) is 0 Å². The number of hydrogen-bond acceptors (Lipinski definition) is 6. The standard InChI is InChI=1S/C11H13N5O2S/c12-16-10-2-1-5-14-11(10)19(17,18)15-8-9-3-6-13-7-4-9/h1-7,15-16H,8,12H2. The minimum absolute atomic E-state index is 0.133. The van der Waals surface area contributed by atoms with Gasteiger partial charge in [-0.15, -0.1) is 0 Å². The zero-order valence-corrected chi connectivity index (χ0v) is 10.8. The average molecular weight is 279 g/mol. The van der Waals surface area contributed by atoms with Gasteiger partial charge in [-0.2, -0.15) is 0 Å². The second kappa shape index (κ2) is 5.74. The Morgan fingerprint density at radius 1 is 1.16 bits per heavy atom. The molecule has 0 saturated heterocycles. The van der Waals surface area contributed by atoms with Gasteiger partial charge in [-0.1, -0.05) is 0 Å². The van der Waals surface area contributed by atoms with Crippen molar-refractivity contribution >= 4 is 15.7 Å². The van der Waals surface area contributed by atoms with E-state index in [1.165, 1.54) is 12.3 Å². The fourth-order valence-corrected chi connectivity index (χ4v) is 2.57. The lowest BCUT2D eigenvalue weighted by Crippen LogP contribution is -2.26. The first-order valence-electron chi connectivity index (χ1n) is 5.43. The van der Waals surface area contributed by atoms with Gasteiger partial charge in [-0.05, 0) is 29.8 Å². The minimum Gasteiger partial charge on any atom is -0.321 e. The van der Waals surface area contributed by atoms with Crippen LogP contribution >= 0.6 is 0 Å². The Labute approximate surface area is 110 Å². The molecule has 2 rings (SSSR count). The second-order valence-electron chi connectivity index (χ2n) is 3.68. The van der Waals surface area contributed by atoms with E-state index >= 15 is 0 Å². The Balaban J connectivity index is 2.19. The second-order valence-corrected chi connectivity index (χ2v) is 5.36. The third-order valence-corrected chi connectivity index (χ3v) is 3.76. The first-order chi connectivity index (χ1) is 9.13. The monoisotopic (exact) mass is 279 g/mol. The molecule has 8 heteroatoms. The van der Waals surface area contributed by atoms with Crippen LogP contribution < -0.4 is 16.0 Å². The molecule has 0 aliphatic heterocycles. The summed E-state index contributed by atoms with van der Waals surface area (Å²) in [4.78, 5) is 7.69. The third kappa shape index (κ3) is 3.25. The molecule has 0 fully saturated rings. The lowest BCUT2D eigenvalue weighted by Gasteiger charge is -2.09. The molecule has 0 aliphatic carbocycles. The molecule has 4 N–H and O–H groups in total. The van der Waals surface area contributed by atoms with Gasteiger partial charge < -0.3 is 5.43 Å². The summed E-state index contributed by atoms with van der Waals surface area (Å²) < 4.78 is 26.7. The quantitative estimate of drug-likeness (QED) is 0.534. The molecule has 0 spiro atoms. The van der Waals surface area contributed by atoms with Crippen LogP contribution in [0.25, 0.3) is 0 Å². The molecule has 0 aliphatic rings. The van der Waals surface area contributed by atoms with Gasteiger partial charge in [0.15, 0.2) is 5.03 Å². The molecule has 0 atom stereocenters. The molecule has 2 heterocycles. The minimum atomic E-state index is -3.73. The Kier molecular flexibility index (Phi) is 4.05. The van der Waals surface area contributed by atoms with E-state index in [0.717, 1.165) is 5.56 Å². The van der Waals surface area contributed by atoms with Gasteiger partial charge >= 0.3 is 0 Å². The number of anilines is 1. The zero-order chi connectivity index (χ0) is 13.7. The maximum absolute atomic E-state index is 12.1. The number of aromatic nitrogens is 2. The van der Waals surface area contributed by atoms with Crippen molar-refractivity contribution < 1.29 is 8.42 Å². The van der Waals surface area contributed by atoms with Crippen LogP contribution in [0.1, 0.15) is 5.56 Å². The number of nitrogens with one attached hydrogen (secondary N) is 2. The van der Waals surface area contributed by atoms with Crippen LogP contribution in [-0.4, -0.2) is 18.4 Å². The van der Waals surface area contributed by atoms with Crippen molar-refractivity contribution in [1.82, 2.24) is 14.7 Å².